The summed E-state index contributed by atoms with van der Waals surface area (Å²) in [6.45, 7) is 4.00. The Morgan fingerprint density at radius 2 is 0.676 bits per heavy atom. The van der Waals surface area contributed by atoms with E-state index in [1.165, 1.54) is 26.4 Å². The van der Waals surface area contributed by atoms with Gasteiger partial charge in [-0.25, -0.2) is 0 Å². The van der Waals surface area contributed by atoms with Gasteiger partial charge in [0.05, 0.1) is 0 Å². The number of nitrogens with zero attached hydrogens (tertiary/aromatic N) is 2. The van der Waals surface area contributed by atoms with E-state index in [2.05, 4.69) is 134 Å². The Morgan fingerprint density at radius 1 is 0.529 bits per heavy atom. The molecule has 0 aromatic heterocycles. The van der Waals surface area contributed by atoms with Crippen LogP contribution in [0, 0.1) is 4.91 Å². The Morgan fingerprint density at radius 3 is 0.824 bits per heavy atom. The van der Waals surface area contributed by atoms with Crippen LogP contribution in [0.4, 0.5) is 0 Å². The van der Waals surface area contributed by atoms with Gasteiger partial charge in [-0.15, -0.1) is 0 Å². The first kappa shape index (κ1) is 33.8. The van der Waals surface area contributed by atoms with Crippen LogP contribution in [0.5, 0.6) is 0 Å². The molecule has 0 fully saturated rings. The fourth-order valence-electron chi connectivity index (χ4n) is 2.42. The SMILES string of the molecule is CC.[N-]=C=S.[N-]=O.[Ni+2].c1ccc(Pc2ccccc2)cc1.c1ccc(Pc2ccccc2)cc1. The Kier molecular flexibility index (Phi) is 25.1. The molecule has 0 saturated carbocycles. The number of nitroso groups, excluding NO2 is 1. The molecular weight excluding hydrogens is 521 g/mol. The topological polar surface area (TPSA) is 61.7 Å². The number of hydrogen-bond donors (Lipinski definition) is 0. The van der Waals surface area contributed by atoms with Gasteiger partial charge in [-0.1, -0.05) is 165 Å². The minimum atomic E-state index is 0. The van der Waals surface area contributed by atoms with Gasteiger partial charge in [0, 0.05) is 0 Å². The van der Waals surface area contributed by atoms with Crippen LogP contribution in [0.1, 0.15) is 13.8 Å². The normalized spacial score (nSPS) is 8.06. The van der Waals surface area contributed by atoms with Crippen molar-refractivity contribution in [2.45, 2.75) is 13.8 Å². The van der Waals surface area contributed by atoms with E-state index in [4.69, 9.17) is 15.9 Å². The van der Waals surface area contributed by atoms with Gasteiger partial charge >= 0.3 is 16.5 Å². The van der Waals surface area contributed by atoms with E-state index in [-0.39, 0.29) is 16.5 Å². The van der Waals surface area contributed by atoms with Crippen molar-refractivity contribution >= 4 is 55.8 Å². The van der Waals surface area contributed by atoms with Crippen molar-refractivity contribution in [2.24, 2.45) is 0 Å². The summed E-state index contributed by atoms with van der Waals surface area (Å²) < 4.78 is 0. The van der Waals surface area contributed by atoms with Gasteiger partial charge < -0.3 is 15.9 Å². The third kappa shape index (κ3) is 17.2. The largest absolute Gasteiger partial charge is 2.00 e. The first-order valence-electron chi connectivity index (χ1n) is 10.3. The van der Waals surface area contributed by atoms with Gasteiger partial charge in [0.2, 0.25) is 0 Å². The molecule has 178 valence electrons. The minimum Gasteiger partial charge on any atom is -0.753 e. The Bertz CT molecular complexity index is 838. The summed E-state index contributed by atoms with van der Waals surface area (Å²) in [6, 6.07) is 42.3. The fraction of sp³-hybridized carbons (Fsp3) is 0.0741. The van der Waals surface area contributed by atoms with E-state index in [1.807, 2.05) is 13.8 Å². The van der Waals surface area contributed by atoms with Crippen molar-refractivity contribution in [3.8, 4) is 0 Å². The van der Waals surface area contributed by atoms with Gasteiger partial charge in [-0.05, 0) is 21.2 Å². The molecule has 0 aliphatic heterocycles. The quantitative estimate of drug-likeness (QED) is 0.124. The van der Waals surface area contributed by atoms with Crippen LogP contribution in [0.3, 0.4) is 0 Å². The van der Waals surface area contributed by atoms with Gasteiger partial charge in [-0.3, -0.25) is 0 Å². The number of hydrogen-bond acceptors (Lipinski definition) is 2. The van der Waals surface area contributed by atoms with Crippen LogP contribution in [0.2, 0.25) is 0 Å². The van der Waals surface area contributed by atoms with Crippen molar-refractivity contribution < 1.29 is 16.5 Å². The Labute approximate surface area is 222 Å². The maximum atomic E-state index is 7.25. The van der Waals surface area contributed by atoms with E-state index < -0.39 is 0 Å². The van der Waals surface area contributed by atoms with Gasteiger partial charge in [0.1, 0.15) is 0 Å². The van der Waals surface area contributed by atoms with E-state index in [9.17, 15) is 0 Å². The molecule has 0 atom stereocenters. The second kappa shape index (κ2) is 25.3. The summed E-state index contributed by atoms with van der Waals surface area (Å²) in [6.07, 6.45) is 0. The van der Waals surface area contributed by atoms with E-state index in [1.54, 1.807) is 0 Å². The zero-order valence-electron chi connectivity index (χ0n) is 19.1. The summed E-state index contributed by atoms with van der Waals surface area (Å²) in [5, 5.41) is 14.1. The molecule has 34 heavy (non-hydrogen) atoms. The van der Waals surface area contributed by atoms with Gasteiger partial charge in [-0.2, -0.15) is 5.16 Å². The molecule has 0 bridgehead atoms. The van der Waals surface area contributed by atoms with Crippen molar-refractivity contribution in [1.82, 2.24) is 0 Å². The predicted octanol–water partition coefficient (Wildman–Crippen LogP) is 6.64. The summed E-state index contributed by atoms with van der Waals surface area (Å²) in [4.78, 5) is 7.25. The van der Waals surface area contributed by atoms with Crippen LogP contribution in [0.15, 0.2) is 121 Å². The zero-order chi connectivity index (χ0) is 24.6. The molecule has 0 aliphatic rings. The van der Waals surface area contributed by atoms with E-state index >= 15 is 0 Å². The van der Waals surface area contributed by atoms with E-state index in [0.717, 1.165) is 17.2 Å². The second-order valence-electron chi connectivity index (χ2n) is 5.81. The molecule has 0 unspecified atom stereocenters. The molecular formula is C27H28N2NiOP2S. The third-order valence-electron chi connectivity index (χ3n) is 3.67. The van der Waals surface area contributed by atoms with Crippen molar-refractivity contribution in [3.63, 3.8) is 0 Å². The first-order valence-corrected chi connectivity index (χ1v) is 12.7. The van der Waals surface area contributed by atoms with Crippen LogP contribution >= 0.6 is 29.4 Å². The molecule has 3 nitrogen and oxygen atoms in total. The number of rotatable bonds is 4. The molecule has 0 radical (unpaired) electrons. The standard InChI is InChI=1S/2C12H11P.C2H6.CNS.NO.Ni/c2*1-3-7-11(8-4-1)13-12-9-5-2-6-10-12;1-2;2-1-3;1-2;/h2*1-10,13H;1-2H3;;;/q;;;2*-1;+2. The minimum absolute atomic E-state index is 0. The molecule has 0 amide bonds. The van der Waals surface area contributed by atoms with Crippen molar-refractivity contribution in [1.29, 1.82) is 0 Å². The molecule has 0 spiro atoms. The van der Waals surface area contributed by atoms with Crippen molar-refractivity contribution in [2.75, 3.05) is 0 Å². The Hall–Kier alpha value is -2.37. The van der Waals surface area contributed by atoms with Gasteiger partial charge in [0.15, 0.2) is 0 Å². The van der Waals surface area contributed by atoms with Crippen LogP contribution in [0.25, 0.3) is 11.0 Å². The second-order valence-corrected chi connectivity index (χ2v) is 8.80. The molecule has 0 aliphatic carbocycles. The number of thiocarbonyl (C=S) groups is 1. The first-order chi connectivity index (χ1) is 16.3. The summed E-state index contributed by atoms with van der Waals surface area (Å²) in [5.74, 6) is 0. The molecule has 4 aromatic rings. The fourth-order valence-corrected chi connectivity index (χ4v) is 4.52. The monoisotopic (exact) mass is 548 g/mol. The molecule has 4 rings (SSSR count). The summed E-state index contributed by atoms with van der Waals surface area (Å²) >= 11 is 3.70. The average molecular weight is 549 g/mol. The number of benzene rings is 4. The number of isothiocyanates is 1. The maximum absolute atomic E-state index is 7.25. The third-order valence-corrected chi connectivity index (χ3v) is 6.16. The molecule has 0 heterocycles. The summed E-state index contributed by atoms with van der Waals surface area (Å²) in [7, 11) is 1.55. The summed E-state index contributed by atoms with van der Waals surface area (Å²) in [5.41, 5.74) is 5.75. The zero-order valence-corrected chi connectivity index (χ0v) is 22.9. The Balaban J connectivity index is 0. The smallest absolute Gasteiger partial charge is 0.753 e. The van der Waals surface area contributed by atoms with Crippen molar-refractivity contribution in [3.05, 3.63) is 137 Å². The van der Waals surface area contributed by atoms with E-state index in [0.29, 0.717) is 0 Å². The average Bonchev–Trinajstić information content (AvgIpc) is 2.90. The van der Waals surface area contributed by atoms with Crippen LogP contribution < -0.4 is 21.2 Å². The molecule has 0 N–H and O–H groups in total. The van der Waals surface area contributed by atoms with Crippen LogP contribution in [-0.2, 0) is 16.5 Å². The van der Waals surface area contributed by atoms with Gasteiger partial charge in [0.25, 0.3) is 0 Å². The molecule has 4 aromatic carbocycles. The molecule has 0 saturated heterocycles. The molecule has 7 heteroatoms. The van der Waals surface area contributed by atoms with Crippen LogP contribution in [-0.4, -0.2) is 5.16 Å². The maximum Gasteiger partial charge on any atom is 2.00 e. The predicted molar refractivity (Wildman–Crippen MR) is 155 cm³/mol.